The van der Waals surface area contributed by atoms with Crippen LogP contribution in [-0.4, -0.2) is 56.2 Å². The molecule has 168 valence electrons. The van der Waals surface area contributed by atoms with Crippen molar-refractivity contribution in [1.29, 1.82) is 0 Å². The number of nitrogens with one attached hydrogen (secondary N) is 1. The molecule has 0 saturated carbocycles. The molecule has 1 saturated heterocycles. The maximum Gasteiger partial charge on any atom is 0.214 e. The molecule has 1 fully saturated rings. The van der Waals surface area contributed by atoms with Crippen LogP contribution in [0.15, 0.2) is 42.6 Å². The Morgan fingerprint density at radius 2 is 2.06 bits per heavy atom. The third-order valence-corrected chi connectivity index (χ3v) is 6.57. The maximum absolute atomic E-state index is 12.1. The molecule has 3 rings (SSSR count). The Morgan fingerprint density at radius 3 is 2.71 bits per heavy atom. The normalized spacial score (nSPS) is 19.4. The third kappa shape index (κ3) is 5.08. The zero-order chi connectivity index (χ0) is 22.5. The molecule has 1 aromatic heterocycles. The van der Waals surface area contributed by atoms with Gasteiger partial charge in [0.15, 0.2) is 0 Å². The van der Waals surface area contributed by atoms with Crippen LogP contribution >= 0.6 is 0 Å². The number of amides is 1. The topological polar surface area (TPSA) is 57.7 Å². The second kappa shape index (κ2) is 9.79. The Labute approximate surface area is 186 Å². The number of carbonyl (C=O) groups is 1. The molecule has 2 heterocycles. The first-order valence-corrected chi connectivity index (χ1v) is 11.1. The predicted molar refractivity (Wildman–Crippen MR) is 127 cm³/mol. The van der Waals surface area contributed by atoms with E-state index in [0.29, 0.717) is 19.8 Å². The van der Waals surface area contributed by atoms with Gasteiger partial charge in [-0.2, -0.15) is 0 Å². The largest absolute Gasteiger partial charge is 0.386 e. The summed E-state index contributed by atoms with van der Waals surface area (Å²) in [5.41, 5.74) is 3.80. The molecule has 0 bridgehead atoms. The van der Waals surface area contributed by atoms with Gasteiger partial charge in [0.25, 0.3) is 0 Å². The van der Waals surface area contributed by atoms with Crippen molar-refractivity contribution in [3.05, 3.63) is 53.9 Å². The average Bonchev–Trinajstić information content (AvgIpc) is 3.21. The molecule has 0 radical (unpaired) electrons. The number of aryl methyl sites for hydroxylation is 1. The number of para-hydroxylation sites is 2. The molecule has 1 aromatic carbocycles. The molecule has 0 aliphatic carbocycles. The number of anilines is 2. The van der Waals surface area contributed by atoms with Crippen LogP contribution in [0.4, 0.5) is 11.4 Å². The minimum atomic E-state index is -0.149. The number of nitrogens with zero attached hydrogens (tertiary/aromatic N) is 3. The summed E-state index contributed by atoms with van der Waals surface area (Å²) in [5, 5.41) is 3.20. The fourth-order valence-electron chi connectivity index (χ4n) is 4.51. The van der Waals surface area contributed by atoms with Crippen LogP contribution in [0.25, 0.3) is 0 Å². The molecule has 1 aliphatic heterocycles. The monoisotopic (exact) mass is 424 g/mol. The molecular weight excluding hydrogens is 388 g/mol. The van der Waals surface area contributed by atoms with Gasteiger partial charge in [-0.25, -0.2) is 0 Å². The first-order chi connectivity index (χ1) is 14.8. The lowest BCUT2D eigenvalue weighted by Crippen LogP contribution is -2.46. The number of hydrogen-bond donors (Lipinski definition) is 1. The van der Waals surface area contributed by atoms with E-state index in [9.17, 15) is 4.79 Å². The van der Waals surface area contributed by atoms with Crippen molar-refractivity contribution in [2.75, 3.05) is 50.1 Å². The maximum atomic E-state index is 12.1. The van der Waals surface area contributed by atoms with Gasteiger partial charge in [-0.1, -0.05) is 18.2 Å². The summed E-state index contributed by atoms with van der Waals surface area (Å²) in [6.07, 6.45) is 3.90. The molecule has 6 nitrogen and oxygen atoms in total. The first kappa shape index (κ1) is 23.2. The fourth-order valence-corrected chi connectivity index (χ4v) is 4.51. The number of carbonyl (C=O) groups excluding carboxylic acids is 1. The lowest BCUT2D eigenvalue weighted by molar-refractivity contribution is -0.108. The van der Waals surface area contributed by atoms with Crippen LogP contribution in [0, 0.1) is 12.3 Å². The van der Waals surface area contributed by atoms with Gasteiger partial charge >= 0.3 is 0 Å². The highest BCUT2D eigenvalue weighted by Gasteiger charge is 2.45. The van der Waals surface area contributed by atoms with Crippen molar-refractivity contribution in [3.63, 3.8) is 0 Å². The number of benzene rings is 1. The number of rotatable bonds is 10. The summed E-state index contributed by atoms with van der Waals surface area (Å²) >= 11 is 0. The van der Waals surface area contributed by atoms with Gasteiger partial charge in [0.1, 0.15) is 0 Å². The number of likely N-dealkylation sites (tertiary alicyclic amines) is 1. The van der Waals surface area contributed by atoms with Crippen molar-refractivity contribution >= 4 is 17.8 Å². The molecule has 0 spiro atoms. The van der Waals surface area contributed by atoms with Crippen LogP contribution in [-0.2, 0) is 15.1 Å². The van der Waals surface area contributed by atoms with E-state index in [-0.39, 0.29) is 11.0 Å². The molecule has 2 aromatic rings. The molecule has 31 heavy (non-hydrogen) atoms. The first-order valence-electron chi connectivity index (χ1n) is 11.1. The van der Waals surface area contributed by atoms with E-state index < -0.39 is 0 Å². The van der Waals surface area contributed by atoms with E-state index in [2.05, 4.69) is 41.2 Å². The minimum absolute atomic E-state index is 0.132. The van der Waals surface area contributed by atoms with Crippen molar-refractivity contribution in [2.45, 2.75) is 39.7 Å². The Balaban J connectivity index is 1.85. The average molecular weight is 425 g/mol. The van der Waals surface area contributed by atoms with Gasteiger partial charge < -0.3 is 15.0 Å². The summed E-state index contributed by atoms with van der Waals surface area (Å²) in [6, 6.07) is 12.2. The molecule has 1 atom stereocenters. The smallest absolute Gasteiger partial charge is 0.214 e. The van der Waals surface area contributed by atoms with E-state index in [1.54, 1.807) is 0 Å². The van der Waals surface area contributed by atoms with Gasteiger partial charge in [0.2, 0.25) is 6.41 Å². The fraction of sp³-hybridized carbons (Fsp3) is 0.520. The summed E-state index contributed by atoms with van der Waals surface area (Å²) in [7, 11) is 1.88. The number of ether oxygens (including phenoxy) is 1. The quantitative estimate of drug-likeness (QED) is 0.583. The summed E-state index contributed by atoms with van der Waals surface area (Å²) in [4.78, 5) is 21.0. The zero-order valence-electron chi connectivity index (χ0n) is 19.5. The molecule has 1 N–H and O–H groups in total. The summed E-state index contributed by atoms with van der Waals surface area (Å²) in [6.45, 7) is 12.3. The molecule has 1 amide bonds. The molecule has 6 heteroatoms. The minimum Gasteiger partial charge on any atom is -0.386 e. The Morgan fingerprint density at radius 1 is 1.29 bits per heavy atom. The van der Waals surface area contributed by atoms with Gasteiger partial charge in [0.05, 0.1) is 18.0 Å². The summed E-state index contributed by atoms with van der Waals surface area (Å²) < 4.78 is 5.94. The van der Waals surface area contributed by atoms with E-state index in [1.807, 2.05) is 56.3 Å². The van der Waals surface area contributed by atoms with Crippen molar-refractivity contribution in [2.24, 2.45) is 5.41 Å². The second-order valence-corrected chi connectivity index (χ2v) is 9.06. The van der Waals surface area contributed by atoms with Crippen LogP contribution in [0.1, 0.15) is 38.4 Å². The third-order valence-electron chi connectivity index (χ3n) is 6.57. The van der Waals surface area contributed by atoms with Gasteiger partial charge in [-0.3, -0.25) is 14.7 Å². The van der Waals surface area contributed by atoms with Crippen molar-refractivity contribution < 1.29 is 9.53 Å². The molecule has 1 unspecified atom stereocenters. The highest BCUT2D eigenvalue weighted by Crippen LogP contribution is 2.40. The van der Waals surface area contributed by atoms with E-state index in [1.165, 1.54) is 5.56 Å². The van der Waals surface area contributed by atoms with Gasteiger partial charge in [0, 0.05) is 49.6 Å². The Hall–Kier alpha value is -2.44. The number of pyridine rings is 1. The van der Waals surface area contributed by atoms with E-state index in [0.717, 1.165) is 43.0 Å². The van der Waals surface area contributed by atoms with Crippen LogP contribution < -0.4 is 10.2 Å². The van der Waals surface area contributed by atoms with Crippen molar-refractivity contribution in [1.82, 2.24) is 9.88 Å². The Bertz CT molecular complexity index is 868. The zero-order valence-corrected chi connectivity index (χ0v) is 19.5. The highest BCUT2D eigenvalue weighted by molar-refractivity contribution is 5.83. The van der Waals surface area contributed by atoms with E-state index in [4.69, 9.17) is 4.74 Å². The predicted octanol–water partition coefficient (Wildman–Crippen LogP) is 4.06. The van der Waals surface area contributed by atoms with Crippen LogP contribution in [0.5, 0.6) is 0 Å². The van der Waals surface area contributed by atoms with Crippen LogP contribution in [0.3, 0.4) is 0 Å². The summed E-state index contributed by atoms with van der Waals surface area (Å²) in [5.74, 6) is 0. The number of aromatic nitrogens is 1. The molecular formula is C25H36N4O2. The van der Waals surface area contributed by atoms with Crippen molar-refractivity contribution in [3.8, 4) is 0 Å². The lowest BCUT2D eigenvalue weighted by Gasteiger charge is -2.39. The Kier molecular flexibility index (Phi) is 7.34. The van der Waals surface area contributed by atoms with Crippen LogP contribution in [0.2, 0.25) is 0 Å². The standard InChI is InChI=1S/C25H36N4O2/c1-6-31-18-25(16-28(19-30)23-10-8-7-9-22(23)26-5)13-14-29(17-25)24(3,4)21-12-11-20(2)27-15-21/h7-12,15,19,26H,6,13-14,16-18H2,1-5H3. The SMILES string of the molecule is CCOCC1(CN(C=O)c2ccccc2NC)CCN(C(C)(C)c2ccc(C)nc2)C1. The second-order valence-electron chi connectivity index (χ2n) is 9.06. The van der Waals surface area contributed by atoms with E-state index >= 15 is 0 Å². The van der Waals surface area contributed by atoms with Gasteiger partial charge in [-0.15, -0.1) is 0 Å². The lowest BCUT2D eigenvalue weighted by atomic mass is 9.86. The highest BCUT2D eigenvalue weighted by atomic mass is 16.5. The molecule has 1 aliphatic rings. The van der Waals surface area contributed by atoms with Gasteiger partial charge in [-0.05, 0) is 64.4 Å². The number of hydrogen-bond acceptors (Lipinski definition) is 5.